The number of hydrogen-bond donors (Lipinski definition) is 0. The van der Waals surface area contributed by atoms with Gasteiger partial charge in [0.05, 0.1) is 6.54 Å². The summed E-state index contributed by atoms with van der Waals surface area (Å²) < 4.78 is 8.01. The number of urea groups is 1. The minimum absolute atomic E-state index is 0.0369. The second kappa shape index (κ2) is 9.55. The van der Waals surface area contributed by atoms with Gasteiger partial charge in [-0.3, -0.25) is 19.4 Å². The van der Waals surface area contributed by atoms with Crippen molar-refractivity contribution in [3.05, 3.63) is 71.4 Å². The molecule has 1 saturated heterocycles. The maximum Gasteiger partial charge on any atom is 0.333 e. The predicted octanol–water partition coefficient (Wildman–Crippen LogP) is 4.67. The van der Waals surface area contributed by atoms with Crippen LogP contribution in [-0.4, -0.2) is 52.9 Å². The van der Waals surface area contributed by atoms with E-state index >= 15 is 0 Å². The molecule has 2 aromatic carbocycles. The molecular formula is C27H29N3O4. The van der Waals surface area contributed by atoms with Crippen molar-refractivity contribution in [3.8, 4) is 5.75 Å². The number of hydrogen-bond acceptors (Lipinski definition) is 4. The summed E-state index contributed by atoms with van der Waals surface area (Å²) in [4.78, 5) is 39.2. The summed E-state index contributed by atoms with van der Waals surface area (Å²) >= 11 is 0. The number of likely N-dealkylation sites (N-methyl/N-ethyl adjacent to an activating group) is 2. The monoisotopic (exact) mass is 459 g/mol. The number of amides is 4. The molecule has 1 aliphatic rings. The summed E-state index contributed by atoms with van der Waals surface area (Å²) in [7, 11) is 2.75. The fraction of sp³-hybridized carbons (Fsp3) is 0.296. The smallest absolute Gasteiger partial charge is 0.333 e. The third kappa shape index (κ3) is 4.33. The van der Waals surface area contributed by atoms with Crippen LogP contribution in [0.5, 0.6) is 5.75 Å². The van der Waals surface area contributed by atoms with Crippen molar-refractivity contribution in [2.75, 3.05) is 20.7 Å². The molecule has 1 atom stereocenters. The highest BCUT2D eigenvalue weighted by atomic mass is 16.5. The van der Waals surface area contributed by atoms with E-state index in [1.807, 2.05) is 47.2 Å². The second-order valence-electron chi connectivity index (χ2n) is 8.59. The number of barbiturate groups is 1. The molecule has 0 N–H and O–H groups in total. The lowest BCUT2D eigenvalue weighted by Gasteiger charge is -2.28. The molecule has 0 spiro atoms. The number of rotatable bonds is 7. The fourth-order valence-corrected chi connectivity index (χ4v) is 4.10. The van der Waals surface area contributed by atoms with Gasteiger partial charge in [0, 0.05) is 36.8 Å². The van der Waals surface area contributed by atoms with Crippen molar-refractivity contribution in [1.82, 2.24) is 14.4 Å². The molecule has 1 aliphatic heterocycles. The zero-order valence-electron chi connectivity index (χ0n) is 19.9. The maximum atomic E-state index is 12.6. The van der Waals surface area contributed by atoms with Gasteiger partial charge >= 0.3 is 6.03 Å². The Balaban J connectivity index is 1.55. The van der Waals surface area contributed by atoms with Crippen LogP contribution in [0, 0.1) is 0 Å². The zero-order valence-corrected chi connectivity index (χ0v) is 19.9. The van der Waals surface area contributed by atoms with Crippen LogP contribution >= 0.6 is 0 Å². The number of imide groups is 2. The minimum atomic E-state index is -0.635. The Labute approximate surface area is 199 Å². The van der Waals surface area contributed by atoms with Gasteiger partial charge in [-0.05, 0) is 42.2 Å². The van der Waals surface area contributed by atoms with E-state index in [1.165, 1.54) is 19.7 Å². The van der Waals surface area contributed by atoms with E-state index in [2.05, 4.69) is 26.0 Å². The highest BCUT2D eigenvalue weighted by Crippen LogP contribution is 2.26. The molecule has 4 amide bonds. The molecule has 2 heterocycles. The molecule has 34 heavy (non-hydrogen) atoms. The summed E-state index contributed by atoms with van der Waals surface area (Å²) in [6.07, 6.45) is 4.57. The van der Waals surface area contributed by atoms with Gasteiger partial charge in [0.2, 0.25) is 0 Å². The number of benzene rings is 2. The normalized spacial score (nSPS) is 15.3. The molecule has 176 valence electrons. The highest BCUT2D eigenvalue weighted by Gasteiger charge is 2.37. The summed E-state index contributed by atoms with van der Waals surface area (Å²) in [6, 6.07) is 15.4. The van der Waals surface area contributed by atoms with E-state index in [0.29, 0.717) is 19.1 Å². The minimum Gasteiger partial charge on any atom is -0.492 e. The molecular weight excluding hydrogens is 430 g/mol. The first-order valence-corrected chi connectivity index (χ1v) is 11.4. The van der Waals surface area contributed by atoms with Gasteiger partial charge in [-0.25, -0.2) is 4.79 Å². The number of carbonyl (C=O) groups is 3. The third-order valence-corrected chi connectivity index (χ3v) is 6.43. The molecule has 0 saturated carbocycles. The number of para-hydroxylation sites is 1. The highest BCUT2D eigenvalue weighted by molar-refractivity contribution is 6.31. The van der Waals surface area contributed by atoms with Gasteiger partial charge < -0.3 is 9.30 Å². The lowest BCUT2D eigenvalue weighted by atomic mass is 9.99. The molecule has 1 fully saturated rings. The standard InChI is InChI=1S/C27H29N3O4/c1-5-18(2)19-10-12-21(13-11-19)34-15-14-30-17-20(22-8-6-7-9-24(22)30)16-23-25(31)28(3)27(33)29(4)26(23)32/h6-13,16-18H,5,14-15H2,1-4H3/t18-/m1/s1. The predicted molar refractivity (Wildman–Crippen MR) is 131 cm³/mol. The Morgan fingerprint density at radius 2 is 1.59 bits per heavy atom. The summed E-state index contributed by atoms with van der Waals surface area (Å²) in [5, 5.41) is 0.913. The van der Waals surface area contributed by atoms with Crippen LogP contribution in [0.15, 0.2) is 60.3 Å². The number of fused-ring (bicyclic) bond motifs is 1. The molecule has 7 heteroatoms. The first-order valence-electron chi connectivity index (χ1n) is 11.4. The Hall–Kier alpha value is -3.87. The molecule has 0 bridgehead atoms. The molecule has 0 unspecified atom stereocenters. The van der Waals surface area contributed by atoms with Crippen LogP contribution in [-0.2, 0) is 16.1 Å². The average molecular weight is 460 g/mol. The van der Waals surface area contributed by atoms with Crippen LogP contribution in [0.4, 0.5) is 4.79 Å². The van der Waals surface area contributed by atoms with Crippen molar-refractivity contribution in [2.45, 2.75) is 32.7 Å². The first kappa shape index (κ1) is 23.3. The van der Waals surface area contributed by atoms with E-state index in [9.17, 15) is 14.4 Å². The molecule has 1 aromatic heterocycles. The Bertz CT molecular complexity index is 1250. The fourth-order valence-electron chi connectivity index (χ4n) is 4.10. The van der Waals surface area contributed by atoms with Gasteiger partial charge in [0.15, 0.2) is 0 Å². The van der Waals surface area contributed by atoms with Gasteiger partial charge in [-0.2, -0.15) is 0 Å². The number of aromatic nitrogens is 1. The Kier molecular flexibility index (Phi) is 6.54. The van der Waals surface area contributed by atoms with Crippen LogP contribution in [0.1, 0.15) is 37.3 Å². The van der Waals surface area contributed by atoms with Gasteiger partial charge in [0.1, 0.15) is 17.9 Å². The van der Waals surface area contributed by atoms with Crippen LogP contribution in [0.3, 0.4) is 0 Å². The second-order valence-corrected chi connectivity index (χ2v) is 8.59. The van der Waals surface area contributed by atoms with Gasteiger partial charge in [-0.15, -0.1) is 0 Å². The van der Waals surface area contributed by atoms with Crippen molar-refractivity contribution in [3.63, 3.8) is 0 Å². The lowest BCUT2D eigenvalue weighted by molar-refractivity contribution is -0.134. The first-order chi connectivity index (χ1) is 16.3. The SMILES string of the molecule is CC[C@@H](C)c1ccc(OCCn2cc(C=C3C(=O)N(C)C(=O)N(C)C3=O)c3ccccc32)cc1. The summed E-state index contributed by atoms with van der Waals surface area (Å²) in [5.41, 5.74) is 2.97. The van der Waals surface area contributed by atoms with E-state index in [0.717, 1.165) is 38.4 Å². The largest absolute Gasteiger partial charge is 0.492 e. The molecule has 4 rings (SSSR count). The third-order valence-electron chi connectivity index (χ3n) is 6.43. The Morgan fingerprint density at radius 1 is 0.941 bits per heavy atom. The van der Waals surface area contributed by atoms with Crippen LogP contribution < -0.4 is 4.74 Å². The van der Waals surface area contributed by atoms with Crippen molar-refractivity contribution in [1.29, 1.82) is 0 Å². The van der Waals surface area contributed by atoms with Crippen molar-refractivity contribution >= 4 is 34.8 Å². The number of nitrogens with zero attached hydrogens (tertiary/aromatic N) is 3. The maximum absolute atomic E-state index is 12.6. The summed E-state index contributed by atoms with van der Waals surface area (Å²) in [6.45, 7) is 5.45. The topological polar surface area (TPSA) is 71.8 Å². The molecule has 0 aliphatic carbocycles. The average Bonchev–Trinajstić information content (AvgIpc) is 3.21. The van der Waals surface area contributed by atoms with E-state index in [-0.39, 0.29) is 5.57 Å². The van der Waals surface area contributed by atoms with Gasteiger partial charge in [-0.1, -0.05) is 44.2 Å². The van der Waals surface area contributed by atoms with E-state index < -0.39 is 17.8 Å². The summed E-state index contributed by atoms with van der Waals surface area (Å²) in [5.74, 6) is 0.136. The van der Waals surface area contributed by atoms with Crippen molar-refractivity contribution < 1.29 is 19.1 Å². The van der Waals surface area contributed by atoms with Crippen molar-refractivity contribution in [2.24, 2.45) is 0 Å². The number of carbonyl (C=O) groups excluding carboxylic acids is 3. The zero-order chi connectivity index (χ0) is 24.4. The molecule has 3 aromatic rings. The van der Waals surface area contributed by atoms with E-state index in [4.69, 9.17) is 4.74 Å². The van der Waals surface area contributed by atoms with Crippen LogP contribution in [0.2, 0.25) is 0 Å². The Morgan fingerprint density at radius 3 is 2.24 bits per heavy atom. The number of ether oxygens (including phenoxy) is 1. The van der Waals surface area contributed by atoms with Crippen LogP contribution in [0.25, 0.3) is 17.0 Å². The van der Waals surface area contributed by atoms with E-state index in [1.54, 1.807) is 6.08 Å². The van der Waals surface area contributed by atoms with Gasteiger partial charge in [0.25, 0.3) is 11.8 Å². The quantitative estimate of drug-likeness (QED) is 0.380. The molecule has 0 radical (unpaired) electrons. The lowest BCUT2D eigenvalue weighted by Crippen LogP contribution is -2.52. The molecule has 7 nitrogen and oxygen atoms in total.